The molecule has 2 aliphatic rings. The second-order valence-electron chi connectivity index (χ2n) is 8.48. The van der Waals surface area contributed by atoms with Crippen LogP contribution in [0.5, 0.6) is 5.75 Å². The van der Waals surface area contributed by atoms with E-state index >= 15 is 0 Å². The number of ether oxygens (including phenoxy) is 1. The lowest BCUT2D eigenvalue weighted by atomic mass is 10.2. The van der Waals surface area contributed by atoms with E-state index in [0.717, 1.165) is 62.7 Å². The molecule has 1 saturated carbocycles. The number of para-hydroxylation sites is 1. The van der Waals surface area contributed by atoms with Crippen LogP contribution in [0.1, 0.15) is 37.3 Å². The van der Waals surface area contributed by atoms with Crippen LogP contribution in [0.2, 0.25) is 0 Å². The SMILES string of the molecule is Cc1nnc(CN=C(NC2CCCC2)N2CCN(CCOc3ccccc3)CC2)n1C.I. The van der Waals surface area contributed by atoms with E-state index in [1.807, 2.05) is 48.9 Å². The average molecular weight is 553 g/mol. The fourth-order valence-corrected chi connectivity index (χ4v) is 4.22. The molecule has 1 aromatic heterocycles. The summed E-state index contributed by atoms with van der Waals surface area (Å²) < 4.78 is 7.88. The first-order chi connectivity index (χ1) is 15.2. The molecule has 1 saturated heterocycles. The van der Waals surface area contributed by atoms with E-state index < -0.39 is 0 Å². The van der Waals surface area contributed by atoms with Crippen molar-refractivity contribution in [2.24, 2.45) is 12.0 Å². The Hall–Kier alpha value is -1.88. The molecule has 2 heterocycles. The predicted octanol–water partition coefficient (Wildman–Crippen LogP) is 2.83. The normalized spacial score (nSPS) is 17.9. The summed E-state index contributed by atoms with van der Waals surface area (Å²) in [6, 6.07) is 10.6. The van der Waals surface area contributed by atoms with Crippen LogP contribution in [-0.2, 0) is 13.6 Å². The first-order valence-electron chi connectivity index (χ1n) is 11.5. The van der Waals surface area contributed by atoms with E-state index in [0.29, 0.717) is 12.6 Å². The summed E-state index contributed by atoms with van der Waals surface area (Å²) in [7, 11) is 2.00. The molecule has 0 atom stereocenters. The smallest absolute Gasteiger partial charge is 0.194 e. The number of rotatable bonds is 7. The number of hydrogen-bond acceptors (Lipinski definition) is 5. The zero-order chi connectivity index (χ0) is 21.5. The van der Waals surface area contributed by atoms with Crippen LogP contribution >= 0.6 is 24.0 Å². The fraction of sp³-hybridized carbons (Fsp3) is 0.609. The van der Waals surface area contributed by atoms with E-state index in [1.54, 1.807) is 0 Å². The van der Waals surface area contributed by atoms with Crippen molar-refractivity contribution in [3.63, 3.8) is 0 Å². The molecule has 0 radical (unpaired) electrons. The van der Waals surface area contributed by atoms with Crippen molar-refractivity contribution in [3.8, 4) is 5.75 Å². The highest BCUT2D eigenvalue weighted by Crippen LogP contribution is 2.18. The highest BCUT2D eigenvalue weighted by molar-refractivity contribution is 14.0. The minimum absolute atomic E-state index is 0. The summed E-state index contributed by atoms with van der Waals surface area (Å²) in [4.78, 5) is 9.82. The zero-order valence-corrected chi connectivity index (χ0v) is 21.6. The van der Waals surface area contributed by atoms with Gasteiger partial charge in [-0.1, -0.05) is 31.0 Å². The van der Waals surface area contributed by atoms with Gasteiger partial charge in [-0.2, -0.15) is 0 Å². The number of hydrogen-bond donors (Lipinski definition) is 1. The topological polar surface area (TPSA) is 70.8 Å². The Labute approximate surface area is 208 Å². The van der Waals surface area contributed by atoms with Gasteiger partial charge in [0.1, 0.15) is 24.7 Å². The van der Waals surface area contributed by atoms with Gasteiger partial charge in [0.05, 0.1) is 0 Å². The number of aromatic nitrogens is 3. The summed E-state index contributed by atoms with van der Waals surface area (Å²) >= 11 is 0. The number of halogens is 1. The van der Waals surface area contributed by atoms with Crippen LogP contribution < -0.4 is 10.1 Å². The largest absolute Gasteiger partial charge is 0.492 e. The number of aryl methyl sites for hydroxylation is 1. The van der Waals surface area contributed by atoms with Crippen molar-refractivity contribution in [2.45, 2.75) is 45.2 Å². The van der Waals surface area contributed by atoms with E-state index in [1.165, 1.54) is 25.7 Å². The van der Waals surface area contributed by atoms with Crippen LogP contribution in [0.25, 0.3) is 0 Å². The van der Waals surface area contributed by atoms with Crippen LogP contribution in [0, 0.1) is 6.92 Å². The van der Waals surface area contributed by atoms with E-state index in [9.17, 15) is 0 Å². The Morgan fingerprint density at radius 3 is 2.47 bits per heavy atom. The minimum Gasteiger partial charge on any atom is -0.492 e. The molecule has 32 heavy (non-hydrogen) atoms. The van der Waals surface area contributed by atoms with Gasteiger partial charge in [-0.15, -0.1) is 34.2 Å². The molecule has 0 amide bonds. The number of nitrogens with zero attached hydrogens (tertiary/aromatic N) is 6. The Bertz CT molecular complexity index is 843. The average Bonchev–Trinajstić information content (AvgIpc) is 3.43. The highest BCUT2D eigenvalue weighted by atomic mass is 127. The third kappa shape index (κ3) is 6.81. The lowest BCUT2D eigenvalue weighted by Gasteiger charge is -2.37. The van der Waals surface area contributed by atoms with Gasteiger partial charge < -0.3 is 19.5 Å². The molecule has 1 aromatic carbocycles. The molecule has 0 spiro atoms. The number of benzene rings is 1. The minimum atomic E-state index is 0. The van der Waals surface area contributed by atoms with Crippen molar-refractivity contribution in [1.29, 1.82) is 0 Å². The van der Waals surface area contributed by atoms with E-state index in [-0.39, 0.29) is 24.0 Å². The van der Waals surface area contributed by atoms with Crippen LogP contribution in [-0.4, -0.2) is 75.9 Å². The maximum atomic E-state index is 5.87. The molecule has 8 nitrogen and oxygen atoms in total. The lowest BCUT2D eigenvalue weighted by Crippen LogP contribution is -2.54. The number of guanidine groups is 1. The third-order valence-corrected chi connectivity index (χ3v) is 6.33. The summed E-state index contributed by atoms with van der Waals surface area (Å²) in [5, 5.41) is 12.2. The molecule has 0 bridgehead atoms. The van der Waals surface area contributed by atoms with Crippen molar-refractivity contribution in [2.75, 3.05) is 39.3 Å². The Kier molecular flexibility index (Phi) is 9.58. The summed E-state index contributed by atoms with van der Waals surface area (Å²) in [5.41, 5.74) is 0. The van der Waals surface area contributed by atoms with Crippen LogP contribution in [0.3, 0.4) is 0 Å². The van der Waals surface area contributed by atoms with Crippen molar-refractivity contribution < 1.29 is 4.74 Å². The van der Waals surface area contributed by atoms with Crippen molar-refractivity contribution in [3.05, 3.63) is 42.0 Å². The van der Waals surface area contributed by atoms with Gasteiger partial charge in [0.25, 0.3) is 0 Å². The highest BCUT2D eigenvalue weighted by Gasteiger charge is 2.23. The lowest BCUT2D eigenvalue weighted by molar-refractivity contribution is 0.151. The van der Waals surface area contributed by atoms with Gasteiger partial charge in [-0.05, 0) is 31.9 Å². The fourth-order valence-electron chi connectivity index (χ4n) is 4.22. The molecule has 2 fully saturated rings. The molecule has 1 aliphatic carbocycles. The third-order valence-electron chi connectivity index (χ3n) is 6.33. The second-order valence-corrected chi connectivity index (χ2v) is 8.48. The first-order valence-corrected chi connectivity index (χ1v) is 11.5. The molecular formula is C23H36IN7O. The summed E-state index contributed by atoms with van der Waals surface area (Å²) in [6.45, 7) is 8.18. The predicted molar refractivity (Wildman–Crippen MR) is 138 cm³/mol. The molecule has 2 aromatic rings. The first kappa shape index (κ1) is 24.8. The van der Waals surface area contributed by atoms with E-state index in [2.05, 4.69) is 25.3 Å². The molecule has 1 N–H and O–H groups in total. The maximum Gasteiger partial charge on any atom is 0.194 e. The van der Waals surface area contributed by atoms with Crippen LogP contribution in [0.15, 0.2) is 35.3 Å². The summed E-state index contributed by atoms with van der Waals surface area (Å²) in [5.74, 6) is 3.78. The van der Waals surface area contributed by atoms with Gasteiger partial charge in [0.15, 0.2) is 11.8 Å². The number of aliphatic imine (C=N–C) groups is 1. The molecule has 176 valence electrons. The van der Waals surface area contributed by atoms with Gasteiger partial charge in [-0.3, -0.25) is 4.90 Å². The Balaban J connectivity index is 0.00000289. The number of nitrogens with one attached hydrogen (secondary N) is 1. The van der Waals surface area contributed by atoms with E-state index in [4.69, 9.17) is 9.73 Å². The summed E-state index contributed by atoms with van der Waals surface area (Å²) in [6.07, 6.45) is 5.09. The van der Waals surface area contributed by atoms with Crippen molar-refractivity contribution in [1.82, 2.24) is 29.9 Å². The quantitative estimate of drug-likeness (QED) is 0.323. The Morgan fingerprint density at radius 1 is 1.09 bits per heavy atom. The molecule has 0 unspecified atom stereocenters. The molecule has 4 rings (SSSR count). The Morgan fingerprint density at radius 2 is 1.81 bits per heavy atom. The maximum absolute atomic E-state index is 5.87. The molecule has 1 aliphatic heterocycles. The zero-order valence-electron chi connectivity index (χ0n) is 19.2. The van der Waals surface area contributed by atoms with Gasteiger partial charge in [0.2, 0.25) is 0 Å². The second kappa shape index (κ2) is 12.4. The molecular weight excluding hydrogens is 517 g/mol. The monoisotopic (exact) mass is 553 g/mol. The number of piperazine rings is 1. The van der Waals surface area contributed by atoms with Gasteiger partial charge in [-0.25, -0.2) is 4.99 Å². The molecule has 9 heteroatoms. The van der Waals surface area contributed by atoms with Crippen LogP contribution in [0.4, 0.5) is 0 Å². The van der Waals surface area contributed by atoms with Gasteiger partial charge in [0, 0.05) is 45.8 Å². The van der Waals surface area contributed by atoms with Crippen molar-refractivity contribution >= 4 is 29.9 Å². The standard InChI is InChI=1S/C23H35N7O.HI/c1-19-26-27-22(28(19)2)18-24-23(25-20-8-6-7-9-20)30-14-12-29(13-15-30)16-17-31-21-10-4-3-5-11-21;/h3-5,10-11,20H,6-9,12-18H2,1-2H3,(H,24,25);1H. The van der Waals surface area contributed by atoms with Gasteiger partial charge >= 0.3 is 0 Å².